The number of nitrogens with zero attached hydrogens (tertiary/aromatic N) is 1. The molecule has 0 aromatic carbocycles. The molecule has 11 heteroatoms. The molecule has 5 atom stereocenters. The summed E-state index contributed by atoms with van der Waals surface area (Å²) in [7, 11) is 0. The summed E-state index contributed by atoms with van der Waals surface area (Å²) in [6.07, 6.45) is 14.0. The topological polar surface area (TPSA) is 168 Å². The lowest BCUT2D eigenvalue weighted by molar-refractivity contribution is -0.145. The third-order valence-corrected chi connectivity index (χ3v) is 11.9. The van der Waals surface area contributed by atoms with Crippen LogP contribution >= 0.6 is 0 Å². The van der Waals surface area contributed by atoms with E-state index in [9.17, 15) is 28.8 Å². The van der Waals surface area contributed by atoms with Crippen molar-refractivity contribution in [2.45, 2.75) is 148 Å². The van der Waals surface area contributed by atoms with E-state index in [1.165, 1.54) is 0 Å². The molecule has 1 aliphatic heterocycles. The highest BCUT2D eigenvalue weighted by molar-refractivity contribution is 6.37. The Balaban J connectivity index is 1.37. The molecule has 1 heterocycles. The molecular weight excluding hydrogens is 598 g/mol. The van der Waals surface area contributed by atoms with Crippen LogP contribution in [0.1, 0.15) is 124 Å². The van der Waals surface area contributed by atoms with Crippen molar-refractivity contribution in [3.8, 4) is 0 Å². The van der Waals surface area contributed by atoms with Gasteiger partial charge in [0.2, 0.25) is 17.6 Å². The largest absolute Gasteiger partial charge is 0.363 e. The second-order valence-electron chi connectivity index (χ2n) is 16.0. The van der Waals surface area contributed by atoms with E-state index in [1.807, 2.05) is 20.8 Å². The predicted octanol–water partition coefficient (Wildman–Crippen LogP) is 3.77. The molecule has 4 aliphatic carbocycles. The number of nitrogens with two attached hydrogens (primary N) is 1. The number of amides is 5. The standard InChI is InChI=1S/C36H57N5O6/c1-21(2)25-16-19-41(28(25)33(45)38-26(20-22-12-13-22)30(43)32(37)44)34(46)31(36(3)17-8-5-9-18-36)40-35(47)39-27(29(42)24-14-15-24)23-10-6-4-7-11-23/h21-28,31H,4-20H2,1-3H3,(H2,37,44)(H,38,45)(H2,39,40,47)/t25-,26?,27+,28+,31-/m1/s1. The Morgan fingerprint density at radius 1 is 0.809 bits per heavy atom. The summed E-state index contributed by atoms with van der Waals surface area (Å²) in [4.78, 5) is 82.1. The zero-order valence-corrected chi connectivity index (χ0v) is 28.7. The minimum Gasteiger partial charge on any atom is -0.363 e. The highest BCUT2D eigenvalue weighted by Crippen LogP contribution is 2.42. The van der Waals surface area contributed by atoms with Crippen molar-refractivity contribution in [3.63, 3.8) is 0 Å². The highest BCUT2D eigenvalue weighted by Gasteiger charge is 2.50. The van der Waals surface area contributed by atoms with Crippen LogP contribution in [0.5, 0.6) is 0 Å². The Kier molecular flexibility index (Phi) is 11.3. The van der Waals surface area contributed by atoms with E-state index in [0.717, 1.165) is 89.9 Å². The van der Waals surface area contributed by atoms with Crippen LogP contribution in [-0.4, -0.2) is 70.9 Å². The minimum absolute atomic E-state index is 0.0116. The van der Waals surface area contributed by atoms with Gasteiger partial charge in [0.1, 0.15) is 12.1 Å². The number of urea groups is 1. The number of primary amides is 1. The van der Waals surface area contributed by atoms with Crippen molar-refractivity contribution >= 4 is 35.3 Å². The number of carbonyl (C=O) groups is 6. The molecule has 0 spiro atoms. The lowest BCUT2D eigenvalue weighted by atomic mass is 9.70. The molecule has 5 amide bonds. The third-order valence-electron chi connectivity index (χ3n) is 11.9. The van der Waals surface area contributed by atoms with Crippen LogP contribution in [0.3, 0.4) is 0 Å². The van der Waals surface area contributed by atoms with Gasteiger partial charge in [-0.3, -0.25) is 24.0 Å². The fraction of sp³-hybridized carbons (Fsp3) is 0.833. The molecule has 1 unspecified atom stereocenters. The maximum absolute atomic E-state index is 14.7. The first-order valence-corrected chi connectivity index (χ1v) is 18.4. The number of rotatable bonds is 14. The average Bonchev–Trinajstić information content (AvgIpc) is 4.00. The van der Waals surface area contributed by atoms with Crippen LogP contribution in [0.15, 0.2) is 0 Å². The summed E-state index contributed by atoms with van der Waals surface area (Å²) < 4.78 is 0. The van der Waals surface area contributed by atoms with Gasteiger partial charge in [-0.15, -0.1) is 0 Å². The maximum Gasteiger partial charge on any atom is 0.316 e. The lowest BCUT2D eigenvalue weighted by Gasteiger charge is -2.43. The molecule has 5 rings (SSSR count). The Morgan fingerprint density at radius 3 is 2.02 bits per heavy atom. The number of hydrogen-bond acceptors (Lipinski definition) is 6. The summed E-state index contributed by atoms with van der Waals surface area (Å²) in [5.74, 6) is -2.27. The number of hydrogen-bond donors (Lipinski definition) is 4. The van der Waals surface area contributed by atoms with Crippen LogP contribution < -0.4 is 21.7 Å². The van der Waals surface area contributed by atoms with Gasteiger partial charge in [-0.25, -0.2) is 4.79 Å². The zero-order chi connectivity index (χ0) is 33.9. The summed E-state index contributed by atoms with van der Waals surface area (Å²) in [6.45, 7) is 6.43. The maximum atomic E-state index is 14.7. The van der Waals surface area contributed by atoms with Crippen molar-refractivity contribution in [1.82, 2.24) is 20.9 Å². The average molecular weight is 656 g/mol. The molecule has 4 saturated carbocycles. The molecule has 47 heavy (non-hydrogen) atoms. The van der Waals surface area contributed by atoms with Crippen LogP contribution in [0.2, 0.25) is 0 Å². The number of carbonyl (C=O) groups excluding carboxylic acids is 6. The Bertz CT molecular complexity index is 1200. The van der Waals surface area contributed by atoms with Crippen molar-refractivity contribution in [1.29, 1.82) is 0 Å². The van der Waals surface area contributed by atoms with E-state index in [2.05, 4.69) is 16.0 Å². The van der Waals surface area contributed by atoms with E-state index in [-0.39, 0.29) is 41.3 Å². The van der Waals surface area contributed by atoms with Gasteiger partial charge in [0.15, 0.2) is 5.78 Å². The molecular formula is C36H57N5O6. The molecule has 1 saturated heterocycles. The lowest BCUT2D eigenvalue weighted by Crippen LogP contribution is -2.63. The van der Waals surface area contributed by atoms with E-state index in [0.29, 0.717) is 19.4 Å². The van der Waals surface area contributed by atoms with Crippen LogP contribution in [0.25, 0.3) is 0 Å². The fourth-order valence-corrected chi connectivity index (χ4v) is 8.62. The first kappa shape index (κ1) is 35.3. The van der Waals surface area contributed by atoms with Crippen LogP contribution in [-0.2, 0) is 24.0 Å². The monoisotopic (exact) mass is 655 g/mol. The summed E-state index contributed by atoms with van der Waals surface area (Å²) >= 11 is 0. The minimum atomic E-state index is -1.08. The SMILES string of the molecule is CC(C)[C@H]1CCN(C(=O)[C@@H](NC(=O)N[C@H](C(=O)C2CC2)C2CCCCC2)C2(C)CCCCC2)[C@@H]1C(=O)NC(CC1CC1)C(=O)C(N)=O. The summed E-state index contributed by atoms with van der Waals surface area (Å²) in [5, 5.41) is 8.92. The van der Waals surface area contributed by atoms with Crippen molar-refractivity contribution in [3.05, 3.63) is 0 Å². The molecule has 11 nitrogen and oxygen atoms in total. The normalized spacial score (nSPS) is 26.6. The Labute approximate surface area is 279 Å². The van der Waals surface area contributed by atoms with Gasteiger partial charge >= 0.3 is 6.03 Å². The predicted molar refractivity (Wildman–Crippen MR) is 177 cm³/mol. The second-order valence-corrected chi connectivity index (χ2v) is 16.0. The van der Waals surface area contributed by atoms with E-state index in [1.54, 1.807) is 4.90 Å². The Hall–Kier alpha value is -2.98. The second kappa shape index (κ2) is 15.1. The van der Waals surface area contributed by atoms with Gasteiger partial charge in [0, 0.05) is 12.5 Å². The van der Waals surface area contributed by atoms with Gasteiger partial charge < -0.3 is 26.6 Å². The highest BCUT2D eigenvalue weighted by atomic mass is 16.2. The molecule has 5 aliphatic rings. The van der Waals surface area contributed by atoms with Crippen LogP contribution in [0, 0.1) is 35.0 Å². The number of likely N-dealkylation sites (tertiary alicyclic amines) is 1. The van der Waals surface area contributed by atoms with Crippen molar-refractivity contribution in [2.24, 2.45) is 40.7 Å². The number of Topliss-reactive ketones (excluding diaryl/α,β-unsaturated/α-hetero) is 2. The molecule has 5 fully saturated rings. The van der Waals surface area contributed by atoms with Crippen molar-refractivity contribution < 1.29 is 28.8 Å². The van der Waals surface area contributed by atoms with Gasteiger partial charge in [-0.05, 0) is 80.5 Å². The molecule has 262 valence electrons. The van der Waals surface area contributed by atoms with Gasteiger partial charge in [-0.1, -0.05) is 72.1 Å². The van der Waals surface area contributed by atoms with E-state index in [4.69, 9.17) is 5.73 Å². The molecule has 0 radical (unpaired) electrons. The molecule has 0 bridgehead atoms. The molecule has 0 aromatic heterocycles. The van der Waals surface area contributed by atoms with E-state index < -0.39 is 53.2 Å². The number of ketones is 2. The fourth-order valence-electron chi connectivity index (χ4n) is 8.62. The van der Waals surface area contributed by atoms with E-state index >= 15 is 0 Å². The Morgan fingerprint density at radius 2 is 1.45 bits per heavy atom. The molecule has 5 N–H and O–H groups in total. The van der Waals surface area contributed by atoms with Crippen molar-refractivity contribution in [2.75, 3.05) is 6.54 Å². The number of nitrogens with one attached hydrogen (secondary N) is 3. The summed E-state index contributed by atoms with van der Waals surface area (Å²) in [5.41, 5.74) is 4.82. The zero-order valence-electron chi connectivity index (χ0n) is 28.7. The first-order chi connectivity index (χ1) is 22.4. The third kappa shape index (κ3) is 8.55. The van der Waals surface area contributed by atoms with Gasteiger partial charge in [-0.2, -0.15) is 0 Å². The quantitative estimate of drug-likeness (QED) is 0.208. The molecule has 0 aromatic rings. The summed E-state index contributed by atoms with van der Waals surface area (Å²) in [6, 6.07) is -3.82. The van der Waals surface area contributed by atoms with Gasteiger partial charge in [0.25, 0.3) is 5.91 Å². The van der Waals surface area contributed by atoms with Crippen LogP contribution in [0.4, 0.5) is 4.79 Å². The smallest absolute Gasteiger partial charge is 0.316 e. The first-order valence-electron chi connectivity index (χ1n) is 18.4. The van der Waals surface area contributed by atoms with Gasteiger partial charge in [0.05, 0.1) is 12.1 Å².